The zero-order valence-electron chi connectivity index (χ0n) is 9.02. The van der Waals surface area contributed by atoms with Gasteiger partial charge < -0.3 is 0 Å². The van der Waals surface area contributed by atoms with Crippen LogP contribution in [0.3, 0.4) is 0 Å². The normalized spacial score (nSPS) is 11.5. The van der Waals surface area contributed by atoms with Crippen molar-refractivity contribution in [2.75, 3.05) is 6.61 Å². The Morgan fingerprint density at radius 2 is 2.00 bits per heavy atom. The van der Waals surface area contributed by atoms with Crippen LogP contribution in [0, 0.1) is 0 Å². The zero-order chi connectivity index (χ0) is 10.8. The van der Waals surface area contributed by atoms with Crippen LogP contribution >= 0.6 is 0 Å². The molecule has 0 saturated carbocycles. The number of hydroxylamine groups is 1. The van der Waals surface area contributed by atoms with E-state index in [4.69, 9.17) is 4.84 Å². The molecule has 0 aliphatic carbocycles. The van der Waals surface area contributed by atoms with Crippen LogP contribution in [0.2, 0.25) is 0 Å². The predicted octanol–water partition coefficient (Wildman–Crippen LogP) is 2.84. The van der Waals surface area contributed by atoms with E-state index in [1.165, 1.54) is 5.56 Å². The summed E-state index contributed by atoms with van der Waals surface area (Å²) in [4.78, 5) is 5.21. The van der Waals surface area contributed by atoms with Crippen LogP contribution in [0.15, 0.2) is 54.6 Å². The van der Waals surface area contributed by atoms with Crippen LogP contribution < -0.4 is 5.48 Å². The highest BCUT2D eigenvalue weighted by Crippen LogP contribution is 1.96. The molecule has 1 N–H and O–H groups in total. The van der Waals surface area contributed by atoms with E-state index in [0.29, 0.717) is 6.61 Å². The van der Waals surface area contributed by atoms with Crippen molar-refractivity contribution in [3.8, 4) is 0 Å². The van der Waals surface area contributed by atoms with Gasteiger partial charge in [-0.15, -0.1) is 0 Å². The fourth-order valence-corrected chi connectivity index (χ4v) is 1.08. The van der Waals surface area contributed by atoms with Crippen LogP contribution in [0.5, 0.6) is 0 Å². The molecule has 0 radical (unpaired) electrons. The molecule has 0 unspecified atom stereocenters. The number of hydrogen-bond acceptors (Lipinski definition) is 2. The quantitative estimate of drug-likeness (QED) is 0.436. The van der Waals surface area contributed by atoms with E-state index in [2.05, 4.69) is 17.6 Å². The molecular weight excluding hydrogens is 186 g/mol. The van der Waals surface area contributed by atoms with Crippen molar-refractivity contribution in [1.29, 1.82) is 0 Å². The zero-order valence-corrected chi connectivity index (χ0v) is 9.02. The predicted molar refractivity (Wildman–Crippen MR) is 63.2 cm³/mol. The van der Waals surface area contributed by atoms with Gasteiger partial charge in [-0.25, -0.2) is 0 Å². The van der Waals surface area contributed by atoms with Gasteiger partial charge in [-0.3, -0.25) is 4.84 Å². The van der Waals surface area contributed by atoms with Gasteiger partial charge in [0, 0.05) is 6.54 Å². The number of nitrogens with one attached hydrogen (secondary N) is 1. The standard InChI is InChI=1S/C13H17NO/c1-2-3-4-8-11-15-14-12-13-9-6-5-7-10-13/h2-10,14H,11-12H2,1H3/b3-2+,8-4+. The summed E-state index contributed by atoms with van der Waals surface area (Å²) in [6.07, 6.45) is 7.87. The molecule has 0 atom stereocenters. The van der Waals surface area contributed by atoms with E-state index in [9.17, 15) is 0 Å². The lowest BCUT2D eigenvalue weighted by Crippen LogP contribution is -2.13. The van der Waals surface area contributed by atoms with E-state index in [-0.39, 0.29) is 0 Å². The van der Waals surface area contributed by atoms with Gasteiger partial charge >= 0.3 is 0 Å². The number of benzene rings is 1. The fourth-order valence-electron chi connectivity index (χ4n) is 1.08. The SMILES string of the molecule is C/C=C/C=C/CONCc1ccccc1. The summed E-state index contributed by atoms with van der Waals surface area (Å²) in [5.41, 5.74) is 4.12. The molecule has 0 aromatic heterocycles. The molecule has 0 heterocycles. The Kier molecular flexibility index (Phi) is 6.21. The lowest BCUT2D eigenvalue weighted by Gasteiger charge is -2.02. The molecule has 0 spiro atoms. The Hall–Kier alpha value is -1.38. The van der Waals surface area contributed by atoms with E-state index in [1.807, 2.05) is 49.4 Å². The molecule has 1 aromatic carbocycles. The molecule has 80 valence electrons. The van der Waals surface area contributed by atoms with Crippen molar-refractivity contribution in [3.63, 3.8) is 0 Å². The minimum absolute atomic E-state index is 0.581. The van der Waals surface area contributed by atoms with Crippen molar-refractivity contribution in [2.24, 2.45) is 0 Å². The van der Waals surface area contributed by atoms with Crippen molar-refractivity contribution >= 4 is 0 Å². The number of rotatable bonds is 6. The summed E-state index contributed by atoms with van der Waals surface area (Å²) in [5, 5.41) is 0. The molecule has 2 heteroatoms. The fraction of sp³-hybridized carbons (Fsp3) is 0.231. The second-order valence-electron chi connectivity index (χ2n) is 3.07. The summed E-state index contributed by atoms with van der Waals surface area (Å²) in [6, 6.07) is 10.2. The molecule has 0 aliphatic heterocycles. The first-order valence-corrected chi connectivity index (χ1v) is 5.10. The molecule has 0 aliphatic rings. The van der Waals surface area contributed by atoms with Crippen molar-refractivity contribution in [1.82, 2.24) is 5.48 Å². The second-order valence-corrected chi connectivity index (χ2v) is 3.07. The van der Waals surface area contributed by atoms with Crippen LogP contribution in [-0.4, -0.2) is 6.61 Å². The molecule has 0 saturated heterocycles. The molecule has 1 rings (SSSR count). The third-order valence-corrected chi connectivity index (χ3v) is 1.84. The minimum atomic E-state index is 0.581. The Morgan fingerprint density at radius 3 is 2.73 bits per heavy atom. The number of hydrogen-bond donors (Lipinski definition) is 1. The smallest absolute Gasteiger partial charge is 0.0866 e. The van der Waals surface area contributed by atoms with Gasteiger partial charge in [0.2, 0.25) is 0 Å². The average Bonchev–Trinajstić information content (AvgIpc) is 2.29. The highest BCUT2D eigenvalue weighted by molar-refractivity contribution is 5.13. The first-order chi connectivity index (χ1) is 7.43. The lowest BCUT2D eigenvalue weighted by molar-refractivity contribution is 0.0577. The maximum Gasteiger partial charge on any atom is 0.0866 e. The van der Waals surface area contributed by atoms with Gasteiger partial charge in [0.15, 0.2) is 0 Å². The second kappa shape index (κ2) is 7.97. The van der Waals surface area contributed by atoms with Crippen molar-refractivity contribution in [3.05, 3.63) is 60.2 Å². The molecular formula is C13H17NO. The van der Waals surface area contributed by atoms with Crippen molar-refractivity contribution in [2.45, 2.75) is 13.5 Å². The third kappa shape index (κ3) is 5.83. The maximum absolute atomic E-state index is 5.21. The van der Waals surface area contributed by atoms with E-state index in [0.717, 1.165) is 6.54 Å². The summed E-state index contributed by atoms with van der Waals surface area (Å²) < 4.78 is 0. The van der Waals surface area contributed by atoms with Crippen LogP contribution in [0.25, 0.3) is 0 Å². The van der Waals surface area contributed by atoms with E-state index >= 15 is 0 Å². The third-order valence-electron chi connectivity index (χ3n) is 1.84. The van der Waals surface area contributed by atoms with Gasteiger partial charge in [-0.2, -0.15) is 5.48 Å². The Balaban J connectivity index is 2.07. The van der Waals surface area contributed by atoms with Gasteiger partial charge in [-0.05, 0) is 12.5 Å². The summed E-state index contributed by atoms with van der Waals surface area (Å²) in [5.74, 6) is 0. The van der Waals surface area contributed by atoms with E-state index < -0.39 is 0 Å². The van der Waals surface area contributed by atoms with Crippen molar-refractivity contribution < 1.29 is 4.84 Å². The highest BCUT2D eigenvalue weighted by Gasteiger charge is 1.88. The lowest BCUT2D eigenvalue weighted by atomic mass is 10.2. The van der Waals surface area contributed by atoms with Gasteiger partial charge in [0.1, 0.15) is 0 Å². The van der Waals surface area contributed by atoms with Crippen LogP contribution in [0.4, 0.5) is 0 Å². The molecule has 15 heavy (non-hydrogen) atoms. The minimum Gasteiger partial charge on any atom is -0.297 e. The Morgan fingerprint density at radius 1 is 1.20 bits per heavy atom. The molecule has 1 aromatic rings. The highest BCUT2D eigenvalue weighted by atomic mass is 16.6. The number of allylic oxidation sites excluding steroid dienone is 3. The largest absolute Gasteiger partial charge is 0.297 e. The molecule has 0 amide bonds. The first-order valence-electron chi connectivity index (χ1n) is 5.10. The molecule has 2 nitrogen and oxygen atoms in total. The average molecular weight is 203 g/mol. The topological polar surface area (TPSA) is 21.3 Å². The van der Waals surface area contributed by atoms with Crippen LogP contribution in [0.1, 0.15) is 12.5 Å². The monoisotopic (exact) mass is 203 g/mol. The maximum atomic E-state index is 5.21. The summed E-state index contributed by atoms with van der Waals surface area (Å²) >= 11 is 0. The van der Waals surface area contributed by atoms with Crippen LogP contribution in [-0.2, 0) is 11.4 Å². The van der Waals surface area contributed by atoms with Gasteiger partial charge in [0.25, 0.3) is 0 Å². The Bertz CT molecular complexity index is 304. The Labute approximate surface area is 91.2 Å². The van der Waals surface area contributed by atoms with Gasteiger partial charge in [-0.1, -0.05) is 54.6 Å². The first kappa shape index (κ1) is 11.7. The summed E-state index contributed by atoms with van der Waals surface area (Å²) in [6.45, 7) is 3.30. The van der Waals surface area contributed by atoms with E-state index in [1.54, 1.807) is 0 Å². The molecule has 0 bridgehead atoms. The summed E-state index contributed by atoms with van der Waals surface area (Å²) in [7, 11) is 0. The van der Waals surface area contributed by atoms with Gasteiger partial charge in [0.05, 0.1) is 6.61 Å². The molecule has 0 fully saturated rings.